The monoisotopic (exact) mass is 202 g/mol. The van der Waals surface area contributed by atoms with E-state index in [2.05, 4.69) is 35.8 Å². The van der Waals surface area contributed by atoms with Gasteiger partial charge in [-0.2, -0.15) is 5.59 Å². The van der Waals surface area contributed by atoms with Gasteiger partial charge in [0.05, 0.1) is 6.54 Å². The van der Waals surface area contributed by atoms with Gasteiger partial charge in [0.25, 0.3) is 0 Å². The summed E-state index contributed by atoms with van der Waals surface area (Å²) in [4.78, 5) is 10.2. The van der Waals surface area contributed by atoms with Crippen molar-refractivity contribution in [2.24, 2.45) is 20.5 Å². The summed E-state index contributed by atoms with van der Waals surface area (Å²) in [5.74, 6) is 0.171. The number of amidine groups is 2. The fourth-order valence-corrected chi connectivity index (χ4v) is 0.788. The Labute approximate surface area is 77.7 Å². The Kier molecular flexibility index (Phi) is 4.26. The van der Waals surface area contributed by atoms with Gasteiger partial charge in [0.2, 0.25) is 5.84 Å². The number of nitrogens with one attached hydrogen (secondary N) is 2. The average molecular weight is 202 g/mol. The topological polar surface area (TPSA) is 138 Å². The maximum atomic E-state index is 9.58. The molecule has 0 amide bonds. The Balaban J connectivity index is 2.65. The number of hydrogen-bond acceptors (Lipinski definition) is 9. The van der Waals surface area contributed by atoms with E-state index in [0.29, 0.717) is 13.1 Å². The van der Waals surface area contributed by atoms with Crippen LogP contribution in [-0.2, 0) is 9.98 Å². The van der Waals surface area contributed by atoms with E-state index < -0.39 is 0 Å². The summed E-state index contributed by atoms with van der Waals surface area (Å²) in [5.41, 5.74) is 1.63. The molecule has 0 unspecified atom stereocenters. The van der Waals surface area contributed by atoms with Gasteiger partial charge in [-0.15, -0.1) is 5.10 Å². The summed E-state index contributed by atoms with van der Waals surface area (Å²) in [6, 6.07) is 0. The molecule has 0 bridgehead atoms. The third-order valence-electron chi connectivity index (χ3n) is 1.24. The van der Waals surface area contributed by atoms with Gasteiger partial charge >= 0.3 is 0 Å². The Morgan fingerprint density at radius 3 is 3.00 bits per heavy atom. The summed E-state index contributed by atoms with van der Waals surface area (Å²) < 4.78 is 0. The van der Waals surface area contributed by atoms with Gasteiger partial charge in [-0.1, -0.05) is 5.11 Å². The molecule has 0 saturated heterocycles. The number of hydrazone groups is 1. The molecule has 0 saturated carbocycles. The molecule has 1 aliphatic heterocycles. The number of nitrogens with zero attached hydrogens (tertiary/aromatic N) is 4. The highest BCUT2D eigenvalue weighted by Gasteiger charge is 2.12. The fraction of sp³-hybridized carbons (Fsp3) is 0.500. The van der Waals surface area contributed by atoms with Crippen LogP contribution in [0.1, 0.15) is 0 Å². The second-order valence-corrected chi connectivity index (χ2v) is 2.02. The molecule has 1 heterocycles. The lowest BCUT2D eigenvalue weighted by Gasteiger charge is -2.05. The van der Waals surface area contributed by atoms with Crippen molar-refractivity contribution in [1.82, 2.24) is 10.9 Å². The van der Waals surface area contributed by atoms with E-state index in [4.69, 9.17) is 0 Å². The van der Waals surface area contributed by atoms with Gasteiger partial charge in [-0.3, -0.25) is 4.99 Å². The van der Waals surface area contributed by atoms with Gasteiger partial charge < -0.3 is 25.8 Å². The van der Waals surface area contributed by atoms with E-state index in [9.17, 15) is 10.5 Å². The zero-order valence-corrected chi connectivity index (χ0v) is 6.84. The molecule has 0 atom stereocenters. The zero-order valence-electron chi connectivity index (χ0n) is 6.84. The van der Waals surface area contributed by atoms with Crippen LogP contribution in [0.4, 0.5) is 0 Å². The Morgan fingerprint density at radius 1 is 1.57 bits per heavy atom. The molecule has 0 aliphatic carbocycles. The van der Waals surface area contributed by atoms with E-state index in [1.54, 1.807) is 5.59 Å². The molecular weight excluding hydrogens is 196 g/mol. The predicted octanol–water partition coefficient (Wildman–Crippen LogP) is -3.24. The molecule has 0 aromatic rings. The van der Waals surface area contributed by atoms with E-state index in [1.165, 1.54) is 0 Å². The van der Waals surface area contributed by atoms with Crippen LogP contribution in [0.5, 0.6) is 0 Å². The van der Waals surface area contributed by atoms with Crippen LogP contribution in [0.25, 0.3) is 0 Å². The summed E-state index contributed by atoms with van der Waals surface area (Å²) >= 11 is 0. The summed E-state index contributed by atoms with van der Waals surface area (Å²) in [6.07, 6.45) is 0. The highest BCUT2D eigenvalue weighted by atomic mass is 17.2. The standard InChI is InChI=1S/C4H8N6O4/c11-13-9-7-4(8-10-14-12)3-5-1-2-6-3/h9,11-12H,1-2H2,(H,5,6)/p-2/b7-4-,10-8?. The lowest BCUT2D eigenvalue weighted by atomic mass is 10.5. The molecular formula is C4H6N6O4-2. The fourth-order valence-electron chi connectivity index (χ4n) is 0.788. The van der Waals surface area contributed by atoms with Gasteiger partial charge in [0, 0.05) is 11.8 Å². The minimum absolute atomic E-state index is 0.116. The van der Waals surface area contributed by atoms with Crippen LogP contribution >= 0.6 is 0 Å². The molecule has 1 rings (SSSR count). The summed E-state index contributed by atoms with van der Waals surface area (Å²) in [5, 5.41) is 31.1. The normalized spacial score (nSPS) is 16.7. The Morgan fingerprint density at radius 2 is 2.43 bits per heavy atom. The Hall–Kier alpha value is -1.78. The van der Waals surface area contributed by atoms with Crippen LogP contribution in [0.15, 0.2) is 20.5 Å². The Bertz CT molecular complexity index is 263. The predicted molar refractivity (Wildman–Crippen MR) is 37.9 cm³/mol. The van der Waals surface area contributed by atoms with Crippen LogP contribution in [-0.4, -0.2) is 24.8 Å². The van der Waals surface area contributed by atoms with E-state index in [1.807, 2.05) is 0 Å². The SMILES string of the molecule is [O-]ON=N/C(=N\NO[O-])C1=NCCN1. The van der Waals surface area contributed by atoms with Crippen LogP contribution < -0.4 is 21.4 Å². The van der Waals surface area contributed by atoms with Gasteiger partial charge in [0.15, 0.2) is 5.84 Å². The van der Waals surface area contributed by atoms with Gasteiger partial charge in [-0.25, -0.2) is 0 Å². The van der Waals surface area contributed by atoms with Crippen LogP contribution in [0.2, 0.25) is 0 Å². The molecule has 1 aliphatic rings. The first kappa shape index (κ1) is 10.3. The summed E-state index contributed by atoms with van der Waals surface area (Å²) in [6.45, 7) is 1.15. The first-order valence-corrected chi connectivity index (χ1v) is 3.48. The molecule has 0 aromatic carbocycles. The van der Waals surface area contributed by atoms with Crippen molar-refractivity contribution in [3.05, 3.63) is 0 Å². The van der Waals surface area contributed by atoms with Crippen molar-refractivity contribution in [3.8, 4) is 0 Å². The molecule has 0 fully saturated rings. The van der Waals surface area contributed by atoms with Gasteiger partial charge in [0.1, 0.15) is 0 Å². The minimum atomic E-state index is -0.116. The lowest BCUT2D eigenvalue weighted by molar-refractivity contribution is -0.711. The first-order valence-electron chi connectivity index (χ1n) is 3.48. The van der Waals surface area contributed by atoms with E-state index in [-0.39, 0.29) is 11.7 Å². The zero-order chi connectivity index (χ0) is 10.2. The van der Waals surface area contributed by atoms with Crippen molar-refractivity contribution < 1.29 is 20.5 Å². The minimum Gasteiger partial charge on any atom is -0.697 e. The van der Waals surface area contributed by atoms with Crippen molar-refractivity contribution in [3.63, 3.8) is 0 Å². The number of hydrogen-bond donors (Lipinski definition) is 2. The second-order valence-electron chi connectivity index (χ2n) is 2.02. The third-order valence-corrected chi connectivity index (χ3v) is 1.24. The van der Waals surface area contributed by atoms with Crippen molar-refractivity contribution in [2.75, 3.05) is 13.1 Å². The van der Waals surface area contributed by atoms with E-state index >= 15 is 0 Å². The molecule has 2 N–H and O–H groups in total. The molecule has 0 aromatic heterocycles. The largest absolute Gasteiger partial charge is 0.697 e. The van der Waals surface area contributed by atoms with Gasteiger partial charge in [-0.05, 0) is 0 Å². The molecule has 0 radical (unpaired) electrons. The number of aliphatic imine (C=N–C) groups is 1. The maximum absolute atomic E-state index is 9.58. The smallest absolute Gasteiger partial charge is 0.240 e. The van der Waals surface area contributed by atoms with Crippen LogP contribution in [0.3, 0.4) is 0 Å². The van der Waals surface area contributed by atoms with Crippen molar-refractivity contribution >= 4 is 11.7 Å². The van der Waals surface area contributed by atoms with E-state index in [0.717, 1.165) is 0 Å². The molecule has 14 heavy (non-hydrogen) atoms. The molecule has 0 spiro atoms. The second kappa shape index (κ2) is 5.80. The number of rotatable bonds is 4. The van der Waals surface area contributed by atoms with Crippen LogP contribution in [0, 0.1) is 0 Å². The molecule has 10 nitrogen and oxygen atoms in total. The quantitative estimate of drug-likeness (QED) is 0.161. The summed E-state index contributed by atoms with van der Waals surface area (Å²) in [7, 11) is 0. The van der Waals surface area contributed by atoms with Crippen molar-refractivity contribution in [2.45, 2.75) is 0 Å². The molecule has 78 valence electrons. The maximum Gasteiger partial charge on any atom is 0.240 e. The first-order chi connectivity index (χ1) is 6.88. The highest BCUT2D eigenvalue weighted by molar-refractivity contribution is 6.41. The molecule has 10 heteroatoms. The average Bonchev–Trinajstić information content (AvgIpc) is 2.71. The lowest BCUT2D eigenvalue weighted by Crippen LogP contribution is -2.29. The van der Waals surface area contributed by atoms with Crippen molar-refractivity contribution in [1.29, 1.82) is 0 Å². The third kappa shape index (κ3) is 2.93. The highest BCUT2D eigenvalue weighted by Crippen LogP contribution is 1.91.